The maximum atomic E-state index is 11.5. The molecule has 0 saturated carbocycles. The number of aliphatic carboxylic acids is 1. The molecule has 0 aromatic carbocycles. The van der Waals surface area contributed by atoms with Crippen molar-refractivity contribution in [2.45, 2.75) is 25.5 Å². The van der Waals surface area contributed by atoms with Crippen LogP contribution in [0, 0.1) is 0 Å². The van der Waals surface area contributed by atoms with E-state index in [1.807, 2.05) is 13.8 Å². The van der Waals surface area contributed by atoms with Crippen molar-refractivity contribution in [1.82, 2.24) is 4.98 Å². The van der Waals surface area contributed by atoms with E-state index >= 15 is 0 Å². The first-order chi connectivity index (χ1) is 7.97. The molecule has 2 N–H and O–H groups in total. The number of carboxylic acids is 1. The molecule has 0 aliphatic rings. The second kappa shape index (κ2) is 6.61. The van der Waals surface area contributed by atoms with Crippen molar-refractivity contribution < 1.29 is 14.7 Å². The van der Waals surface area contributed by atoms with Crippen LogP contribution in [-0.2, 0) is 16.0 Å². The second-order valence-electron chi connectivity index (χ2n) is 3.62. The number of hydrogen-bond donors (Lipinski definition) is 2. The van der Waals surface area contributed by atoms with E-state index in [4.69, 9.17) is 5.11 Å². The molecule has 0 atom stereocenters. The van der Waals surface area contributed by atoms with Gasteiger partial charge < -0.3 is 10.4 Å². The maximum Gasteiger partial charge on any atom is 0.309 e. The number of amides is 1. The number of nitrogens with zero attached hydrogens (tertiary/aromatic N) is 1. The van der Waals surface area contributed by atoms with Gasteiger partial charge in [0.25, 0.3) is 0 Å². The van der Waals surface area contributed by atoms with Crippen LogP contribution >= 0.6 is 23.1 Å². The molecule has 1 aromatic heterocycles. The van der Waals surface area contributed by atoms with Crippen LogP contribution in [0.1, 0.15) is 19.5 Å². The summed E-state index contributed by atoms with van der Waals surface area (Å²) in [5.74, 6) is -0.658. The molecule has 0 unspecified atom stereocenters. The molecule has 0 radical (unpaired) electrons. The van der Waals surface area contributed by atoms with E-state index in [-0.39, 0.29) is 12.3 Å². The van der Waals surface area contributed by atoms with Gasteiger partial charge in [-0.1, -0.05) is 13.8 Å². The van der Waals surface area contributed by atoms with Crippen molar-refractivity contribution in [2.24, 2.45) is 0 Å². The standard InChI is InChI=1S/C10H14N2O3S2/c1-6(2)16-5-8(13)12-10-11-7(4-17-10)3-9(14)15/h4,6H,3,5H2,1-2H3,(H,14,15)(H,11,12,13). The molecule has 0 saturated heterocycles. The third-order valence-corrected chi connectivity index (χ3v) is 3.58. The number of aromatic nitrogens is 1. The van der Waals surface area contributed by atoms with E-state index in [2.05, 4.69) is 10.3 Å². The monoisotopic (exact) mass is 274 g/mol. The van der Waals surface area contributed by atoms with Crippen LogP contribution in [0.3, 0.4) is 0 Å². The third kappa shape index (κ3) is 5.69. The summed E-state index contributed by atoms with van der Waals surface area (Å²) in [6, 6.07) is 0. The van der Waals surface area contributed by atoms with Crippen LogP contribution in [-0.4, -0.2) is 33.0 Å². The Kier molecular flexibility index (Phi) is 5.43. The molecule has 0 aliphatic heterocycles. The van der Waals surface area contributed by atoms with Gasteiger partial charge in [-0.05, 0) is 5.25 Å². The van der Waals surface area contributed by atoms with Crippen molar-refractivity contribution in [3.8, 4) is 0 Å². The highest BCUT2D eigenvalue weighted by atomic mass is 32.2. The van der Waals surface area contributed by atoms with Gasteiger partial charge in [0.05, 0.1) is 17.9 Å². The Balaban J connectivity index is 2.43. The molecule has 1 aromatic rings. The van der Waals surface area contributed by atoms with Crippen LogP contribution in [0.5, 0.6) is 0 Å². The Morgan fingerprint density at radius 1 is 1.59 bits per heavy atom. The smallest absolute Gasteiger partial charge is 0.309 e. The fourth-order valence-electron chi connectivity index (χ4n) is 0.998. The minimum Gasteiger partial charge on any atom is -0.481 e. The minimum absolute atomic E-state index is 0.111. The third-order valence-electron chi connectivity index (χ3n) is 1.68. The van der Waals surface area contributed by atoms with E-state index in [0.29, 0.717) is 21.8 Å². The maximum absolute atomic E-state index is 11.5. The molecule has 17 heavy (non-hydrogen) atoms. The number of carbonyl (C=O) groups is 2. The summed E-state index contributed by atoms with van der Waals surface area (Å²) in [6.07, 6.45) is -0.118. The second-order valence-corrected chi connectivity index (χ2v) is 6.05. The lowest BCUT2D eigenvalue weighted by Crippen LogP contribution is -2.15. The number of carbonyl (C=O) groups excluding carboxylic acids is 1. The van der Waals surface area contributed by atoms with Gasteiger partial charge in [-0.2, -0.15) is 0 Å². The molecule has 0 spiro atoms. The van der Waals surface area contributed by atoms with E-state index in [1.165, 1.54) is 11.3 Å². The van der Waals surface area contributed by atoms with Crippen LogP contribution in [0.2, 0.25) is 0 Å². The number of thiazole rings is 1. The lowest BCUT2D eigenvalue weighted by atomic mass is 10.3. The predicted octanol–water partition coefficient (Wildman–Crippen LogP) is 1.85. The normalized spacial score (nSPS) is 10.5. The van der Waals surface area contributed by atoms with E-state index < -0.39 is 5.97 Å². The van der Waals surface area contributed by atoms with Crippen molar-refractivity contribution in [3.05, 3.63) is 11.1 Å². The Bertz CT molecular complexity index is 404. The Morgan fingerprint density at radius 2 is 2.29 bits per heavy atom. The Hall–Kier alpha value is -1.08. The number of rotatable bonds is 6. The first-order valence-corrected chi connectivity index (χ1v) is 6.98. The number of thioether (sulfide) groups is 1. The quantitative estimate of drug-likeness (QED) is 0.827. The van der Waals surface area contributed by atoms with Crippen molar-refractivity contribution in [1.29, 1.82) is 0 Å². The van der Waals surface area contributed by atoms with Gasteiger partial charge >= 0.3 is 5.97 Å². The lowest BCUT2D eigenvalue weighted by molar-refractivity contribution is -0.136. The van der Waals surface area contributed by atoms with Gasteiger partial charge in [-0.25, -0.2) is 4.98 Å². The molecular formula is C10H14N2O3S2. The molecule has 7 heteroatoms. The summed E-state index contributed by atoms with van der Waals surface area (Å²) in [7, 11) is 0. The first kappa shape index (κ1) is 14.0. The predicted molar refractivity (Wildman–Crippen MR) is 69.7 cm³/mol. The average Bonchev–Trinajstić information content (AvgIpc) is 2.61. The van der Waals surface area contributed by atoms with Crippen molar-refractivity contribution in [3.63, 3.8) is 0 Å². The average molecular weight is 274 g/mol. The first-order valence-electron chi connectivity index (χ1n) is 5.05. The number of hydrogen-bond acceptors (Lipinski definition) is 5. The van der Waals surface area contributed by atoms with Gasteiger partial charge in [0.1, 0.15) is 0 Å². The summed E-state index contributed by atoms with van der Waals surface area (Å²) in [5, 5.41) is 13.7. The van der Waals surface area contributed by atoms with E-state index in [1.54, 1.807) is 17.1 Å². The molecule has 1 heterocycles. The summed E-state index contributed by atoms with van der Waals surface area (Å²) in [5.41, 5.74) is 0.467. The minimum atomic E-state index is -0.927. The highest BCUT2D eigenvalue weighted by molar-refractivity contribution is 8.00. The molecular weight excluding hydrogens is 260 g/mol. The van der Waals surface area contributed by atoms with Crippen LogP contribution in [0.15, 0.2) is 5.38 Å². The highest BCUT2D eigenvalue weighted by Crippen LogP contribution is 2.17. The lowest BCUT2D eigenvalue weighted by Gasteiger charge is -2.03. The van der Waals surface area contributed by atoms with Crippen LogP contribution in [0.4, 0.5) is 5.13 Å². The zero-order chi connectivity index (χ0) is 12.8. The summed E-state index contributed by atoms with van der Waals surface area (Å²) in [4.78, 5) is 25.9. The summed E-state index contributed by atoms with van der Waals surface area (Å²) in [6.45, 7) is 4.04. The Labute approximate surface area is 108 Å². The Morgan fingerprint density at radius 3 is 2.88 bits per heavy atom. The van der Waals surface area contributed by atoms with Crippen molar-refractivity contribution >= 4 is 40.1 Å². The largest absolute Gasteiger partial charge is 0.481 e. The van der Waals surface area contributed by atoms with Gasteiger partial charge in [0, 0.05) is 5.38 Å². The number of nitrogens with one attached hydrogen (secondary N) is 1. The molecule has 1 amide bonds. The van der Waals surface area contributed by atoms with Gasteiger partial charge in [0.2, 0.25) is 5.91 Å². The van der Waals surface area contributed by atoms with Crippen molar-refractivity contribution in [2.75, 3.05) is 11.1 Å². The number of anilines is 1. The topological polar surface area (TPSA) is 79.3 Å². The molecule has 0 fully saturated rings. The zero-order valence-corrected chi connectivity index (χ0v) is 11.2. The zero-order valence-electron chi connectivity index (χ0n) is 9.60. The SMILES string of the molecule is CC(C)SCC(=O)Nc1nc(CC(=O)O)cs1. The van der Waals surface area contributed by atoms with Crippen LogP contribution in [0.25, 0.3) is 0 Å². The van der Waals surface area contributed by atoms with Gasteiger partial charge in [-0.15, -0.1) is 23.1 Å². The molecule has 0 bridgehead atoms. The van der Waals surface area contributed by atoms with Crippen LogP contribution < -0.4 is 5.32 Å². The van der Waals surface area contributed by atoms with E-state index in [0.717, 1.165) is 0 Å². The van der Waals surface area contributed by atoms with Gasteiger partial charge in [-0.3, -0.25) is 9.59 Å². The number of carboxylic acid groups (broad SMARTS) is 1. The molecule has 5 nitrogen and oxygen atoms in total. The highest BCUT2D eigenvalue weighted by Gasteiger charge is 2.09. The molecule has 94 valence electrons. The summed E-state index contributed by atoms with van der Waals surface area (Å²) < 4.78 is 0. The summed E-state index contributed by atoms with van der Waals surface area (Å²) >= 11 is 2.79. The van der Waals surface area contributed by atoms with E-state index in [9.17, 15) is 9.59 Å². The molecule has 0 aliphatic carbocycles. The fourth-order valence-corrected chi connectivity index (χ4v) is 2.28. The molecule has 1 rings (SSSR count). The van der Waals surface area contributed by atoms with Gasteiger partial charge in [0.15, 0.2) is 5.13 Å². The fraction of sp³-hybridized carbons (Fsp3) is 0.500.